The van der Waals surface area contributed by atoms with Crippen molar-refractivity contribution in [1.29, 1.82) is 5.26 Å². The molecular weight excluding hydrogens is 390 g/mol. The molecule has 0 aliphatic heterocycles. The van der Waals surface area contributed by atoms with Crippen LogP contribution in [0.4, 0.5) is 5.69 Å². The van der Waals surface area contributed by atoms with Gasteiger partial charge in [0.25, 0.3) is 5.91 Å². The van der Waals surface area contributed by atoms with Crippen molar-refractivity contribution in [1.82, 2.24) is 5.32 Å². The summed E-state index contributed by atoms with van der Waals surface area (Å²) in [6, 6.07) is 14.7. The minimum absolute atomic E-state index is 0.0284. The SMILES string of the molecule is CCOC(=O)c1ccc(NC(=O)/C(C#N)=C\NC(C)c2ccc3c(c2)CCCC3)cc1. The molecule has 2 aromatic carbocycles. The van der Waals surface area contributed by atoms with Crippen molar-refractivity contribution >= 4 is 17.6 Å². The van der Waals surface area contributed by atoms with Crippen LogP contribution in [0.2, 0.25) is 0 Å². The van der Waals surface area contributed by atoms with Crippen LogP contribution in [0.3, 0.4) is 0 Å². The Morgan fingerprint density at radius 2 is 1.84 bits per heavy atom. The van der Waals surface area contributed by atoms with Crippen molar-refractivity contribution < 1.29 is 14.3 Å². The molecule has 1 unspecified atom stereocenters. The number of nitrogens with one attached hydrogen (secondary N) is 2. The zero-order valence-corrected chi connectivity index (χ0v) is 17.9. The molecule has 0 heterocycles. The molecule has 0 bridgehead atoms. The average molecular weight is 418 g/mol. The number of carbonyl (C=O) groups excluding carboxylic acids is 2. The van der Waals surface area contributed by atoms with E-state index in [4.69, 9.17) is 4.74 Å². The van der Waals surface area contributed by atoms with Crippen molar-refractivity contribution in [2.24, 2.45) is 0 Å². The summed E-state index contributed by atoms with van der Waals surface area (Å²) in [6.45, 7) is 4.04. The number of hydrogen-bond acceptors (Lipinski definition) is 5. The molecule has 2 aromatic rings. The van der Waals surface area contributed by atoms with E-state index in [0.29, 0.717) is 17.9 Å². The molecule has 2 N–H and O–H groups in total. The topological polar surface area (TPSA) is 91.2 Å². The molecule has 3 rings (SSSR count). The number of fused-ring (bicyclic) bond motifs is 1. The van der Waals surface area contributed by atoms with Gasteiger partial charge < -0.3 is 15.4 Å². The normalized spacial score (nSPS) is 14.0. The molecule has 6 nitrogen and oxygen atoms in total. The highest BCUT2D eigenvalue weighted by Gasteiger charge is 2.14. The van der Waals surface area contributed by atoms with Gasteiger partial charge >= 0.3 is 5.97 Å². The van der Waals surface area contributed by atoms with E-state index in [2.05, 4.69) is 28.8 Å². The number of hydrogen-bond donors (Lipinski definition) is 2. The molecule has 31 heavy (non-hydrogen) atoms. The van der Waals surface area contributed by atoms with Crippen LogP contribution in [0.1, 0.15) is 59.8 Å². The maximum atomic E-state index is 12.5. The summed E-state index contributed by atoms with van der Waals surface area (Å²) in [6.07, 6.45) is 6.16. The van der Waals surface area contributed by atoms with Gasteiger partial charge in [0.1, 0.15) is 11.6 Å². The Kier molecular flexibility index (Phi) is 7.45. The zero-order chi connectivity index (χ0) is 22.2. The average Bonchev–Trinajstić information content (AvgIpc) is 2.79. The van der Waals surface area contributed by atoms with E-state index < -0.39 is 11.9 Å². The molecule has 0 saturated carbocycles. The Morgan fingerprint density at radius 1 is 1.13 bits per heavy atom. The van der Waals surface area contributed by atoms with E-state index in [1.165, 1.54) is 30.2 Å². The first-order chi connectivity index (χ1) is 15.0. The van der Waals surface area contributed by atoms with E-state index in [0.717, 1.165) is 18.4 Å². The third-order valence-electron chi connectivity index (χ3n) is 5.37. The van der Waals surface area contributed by atoms with Crippen LogP contribution in [-0.2, 0) is 22.4 Å². The lowest BCUT2D eigenvalue weighted by atomic mass is 9.89. The van der Waals surface area contributed by atoms with Gasteiger partial charge in [0, 0.05) is 17.9 Å². The molecule has 1 amide bonds. The lowest BCUT2D eigenvalue weighted by Crippen LogP contribution is -2.19. The third-order valence-corrected chi connectivity index (χ3v) is 5.37. The molecule has 0 fully saturated rings. The number of aryl methyl sites for hydroxylation is 2. The minimum atomic E-state index is -0.517. The standard InChI is InChI=1S/C25H27N3O3/c1-3-31-25(30)19-10-12-23(13-11-19)28-24(29)22(15-26)16-27-17(2)20-9-8-18-6-4-5-7-21(18)14-20/h8-14,16-17,27H,3-7H2,1-2H3,(H,28,29)/b22-16-. The summed E-state index contributed by atoms with van der Waals surface area (Å²) in [5.74, 6) is -0.935. The van der Waals surface area contributed by atoms with Crippen molar-refractivity contribution in [3.8, 4) is 6.07 Å². The van der Waals surface area contributed by atoms with E-state index in [1.54, 1.807) is 31.2 Å². The number of carbonyl (C=O) groups is 2. The second kappa shape index (κ2) is 10.4. The van der Waals surface area contributed by atoms with Gasteiger partial charge in [-0.25, -0.2) is 4.79 Å². The van der Waals surface area contributed by atoms with E-state index in [1.807, 2.05) is 13.0 Å². The van der Waals surface area contributed by atoms with Crippen LogP contribution in [-0.4, -0.2) is 18.5 Å². The van der Waals surface area contributed by atoms with Crippen LogP contribution >= 0.6 is 0 Å². The van der Waals surface area contributed by atoms with Crippen molar-refractivity contribution in [3.63, 3.8) is 0 Å². The quantitative estimate of drug-likeness (QED) is 0.395. The summed E-state index contributed by atoms with van der Waals surface area (Å²) in [5, 5.41) is 15.2. The lowest BCUT2D eigenvalue weighted by Gasteiger charge is -2.19. The highest BCUT2D eigenvalue weighted by Crippen LogP contribution is 2.24. The Labute approximate surface area is 182 Å². The molecule has 0 saturated heterocycles. The molecule has 0 spiro atoms. The smallest absolute Gasteiger partial charge is 0.338 e. The highest BCUT2D eigenvalue weighted by molar-refractivity contribution is 6.06. The highest BCUT2D eigenvalue weighted by atomic mass is 16.5. The first-order valence-corrected chi connectivity index (χ1v) is 10.6. The van der Waals surface area contributed by atoms with Gasteiger partial charge in [0.15, 0.2) is 0 Å². The number of esters is 1. The van der Waals surface area contributed by atoms with Crippen LogP contribution in [0.5, 0.6) is 0 Å². The van der Waals surface area contributed by atoms with Gasteiger partial charge in [-0.15, -0.1) is 0 Å². The number of nitriles is 1. The van der Waals surface area contributed by atoms with Gasteiger partial charge in [-0.3, -0.25) is 4.79 Å². The van der Waals surface area contributed by atoms with Crippen LogP contribution in [0.15, 0.2) is 54.2 Å². The lowest BCUT2D eigenvalue weighted by molar-refractivity contribution is -0.112. The number of anilines is 1. The molecular formula is C25H27N3O3. The fourth-order valence-electron chi connectivity index (χ4n) is 3.58. The predicted octanol–water partition coefficient (Wildman–Crippen LogP) is 4.44. The van der Waals surface area contributed by atoms with Crippen molar-refractivity contribution in [2.75, 3.05) is 11.9 Å². The molecule has 0 aromatic heterocycles. The molecule has 1 aliphatic carbocycles. The second-order valence-corrected chi connectivity index (χ2v) is 7.55. The number of nitrogens with zero attached hydrogens (tertiary/aromatic N) is 1. The van der Waals surface area contributed by atoms with Gasteiger partial charge in [0.05, 0.1) is 12.2 Å². The van der Waals surface area contributed by atoms with E-state index in [-0.39, 0.29) is 11.6 Å². The van der Waals surface area contributed by atoms with Crippen molar-refractivity contribution in [2.45, 2.75) is 45.6 Å². The number of ether oxygens (including phenoxy) is 1. The van der Waals surface area contributed by atoms with Crippen LogP contribution in [0.25, 0.3) is 0 Å². The summed E-state index contributed by atoms with van der Waals surface area (Å²) in [5.41, 5.74) is 4.80. The Hall–Kier alpha value is -3.59. The largest absolute Gasteiger partial charge is 0.462 e. The Morgan fingerprint density at radius 3 is 2.52 bits per heavy atom. The molecule has 0 radical (unpaired) electrons. The summed E-state index contributed by atoms with van der Waals surface area (Å²) >= 11 is 0. The van der Waals surface area contributed by atoms with Gasteiger partial charge in [-0.1, -0.05) is 18.2 Å². The number of benzene rings is 2. The van der Waals surface area contributed by atoms with Crippen LogP contribution < -0.4 is 10.6 Å². The summed E-state index contributed by atoms with van der Waals surface area (Å²) in [7, 11) is 0. The van der Waals surface area contributed by atoms with E-state index >= 15 is 0 Å². The summed E-state index contributed by atoms with van der Waals surface area (Å²) in [4.78, 5) is 24.2. The van der Waals surface area contributed by atoms with Gasteiger partial charge in [-0.05, 0) is 80.5 Å². The zero-order valence-electron chi connectivity index (χ0n) is 17.9. The Balaban J connectivity index is 1.62. The summed E-state index contributed by atoms with van der Waals surface area (Å²) < 4.78 is 4.94. The number of rotatable bonds is 7. The minimum Gasteiger partial charge on any atom is -0.462 e. The fraction of sp³-hybridized carbons (Fsp3) is 0.320. The van der Waals surface area contributed by atoms with Gasteiger partial charge in [0.2, 0.25) is 0 Å². The first kappa shape index (κ1) is 22.1. The first-order valence-electron chi connectivity index (χ1n) is 10.6. The molecule has 160 valence electrons. The fourth-order valence-corrected chi connectivity index (χ4v) is 3.58. The van der Waals surface area contributed by atoms with Crippen molar-refractivity contribution in [3.05, 3.63) is 76.5 Å². The Bertz CT molecular complexity index is 1020. The monoisotopic (exact) mass is 417 g/mol. The van der Waals surface area contributed by atoms with Gasteiger partial charge in [-0.2, -0.15) is 5.26 Å². The molecule has 1 atom stereocenters. The second-order valence-electron chi connectivity index (χ2n) is 7.55. The number of amides is 1. The predicted molar refractivity (Wildman–Crippen MR) is 119 cm³/mol. The third kappa shape index (κ3) is 5.73. The molecule has 6 heteroatoms. The molecule has 1 aliphatic rings. The maximum absolute atomic E-state index is 12.5. The maximum Gasteiger partial charge on any atom is 0.338 e. The van der Waals surface area contributed by atoms with Crippen LogP contribution in [0, 0.1) is 11.3 Å². The van der Waals surface area contributed by atoms with E-state index in [9.17, 15) is 14.9 Å².